The lowest BCUT2D eigenvalue weighted by atomic mass is 9.69. The Morgan fingerprint density at radius 1 is 1.36 bits per heavy atom. The molecule has 1 aromatic rings. The van der Waals surface area contributed by atoms with E-state index < -0.39 is 0 Å². The van der Waals surface area contributed by atoms with Crippen molar-refractivity contribution in [2.45, 2.75) is 43.5 Å². The molecule has 28 heavy (non-hydrogen) atoms. The maximum absolute atomic E-state index is 12.7. The average Bonchev–Trinajstić information content (AvgIpc) is 2.77. The molecule has 2 fully saturated rings. The summed E-state index contributed by atoms with van der Waals surface area (Å²) in [4.78, 5) is 13.3. The van der Waals surface area contributed by atoms with Gasteiger partial charge in [0.25, 0.3) is 5.91 Å². The van der Waals surface area contributed by atoms with Gasteiger partial charge in [0.15, 0.2) is 5.11 Å². The third-order valence-electron chi connectivity index (χ3n) is 5.65. The predicted molar refractivity (Wildman–Crippen MR) is 121 cm³/mol. The molecule has 1 unspecified atom stereocenters. The molecule has 1 aromatic carbocycles. The van der Waals surface area contributed by atoms with Gasteiger partial charge in [0.1, 0.15) is 5.71 Å². The molecule has 0 bridgehead atoms. The second-order valence-corrected chi connectivity index (χ2v) is 8.45. The van der Waals surface area contributed by atoms with Crippen LogP contribution >= 0.6 is 24.8 Å². The van der Waals surface area contributed by atoms with Crippen molar-refractivity contribution in [1.82, 2.24) is 16.0 Å². The Kier molecular flexibility index (Phi) is 7.31. The number of hydrogen-bond donors (Lipinski definition) is 6. The molecule has 1 aliphatic heterocycles. The topological polar surface area (TPSA) is 89.0 Å². The zero-order chi connectivity index (χ0) is 20.1. The van der Waals surface area contributed by atoms with E-state index in [9.17, 15) is 4.79 Å². The third-order valence-corrected chi connectivity index (χ3v) is 6.27. The maximum atomic E-state index is 12.7. The van der Waals surface area contributed by atoms with Gasteiger partial charge in [0.2, 0.25) is 0 Å². The molecule has 1 saturated heterocycles. The first-order chi connectivity index (χ1) is 13.5. The molecule has 2 aliphatic rings. The molecule has 0 spiro atoms. The van der Waals surface area contributed by atoms with Crippen LogP contribution in [0.25, 0.3) is 0 Å². The van der Waals surface area contributed by atoms with Gasteiger partial charge in [-0.25, -0.2) is 0 Å². The SMILES string of the molecule is CCCNC(=S)Nc1ccc(C(=N)C(=O)N[C@@H]2CNCCC3CC[C@@H]32)c(S)c1. The van der Waals surface area contributed by atoms with Crippen LogP contribution in [0.15, 0.2) is 23.1 Å². The van der Waals surface area contributed by atoms with Gasteiger partial charge in [-0.3, -0.25) is 10.2 Å². The van der Waals surface area contributed by atoms with Crippen LogP contribution in [0.4, 0.5) is 5.69 Å². The average molecular weight is 420 g/mol. The smallest absolute Gasteiger partial charge is 0.270 e. The number of thiocarbonyl (C=S) groups is 1. The minimum atomic E-state index is -0.338. The fourth-order valence-electron chi connectivity index (χ4n) is 3.93. The van der Waals surface area contributed by atoms with E-state index in [0.29, 0.717) is 27.4 Å². The first kappa shape index (κ1) is 21.1. The van der Waals surface area contributed by atoms with E-state index in [2.05, 4.69) is 40.8 Å². The largest absolute Gasteiger partial charge is 0.362 e. The molecule has 1 heterocycles. The molecule has 152 valence electrons. The van der Waals surface area contributed by atoms with E-state index in [1.54, 1.807) is 12.1 Å². The lowest BCUT2D eigenvalue weighted by Crippen LogP contribution is -2.51. The number of rotatable bonds is 6. The van der Waals surface area contributed by atoms with Crippen LogP contribution in [0, 0.1) is 17.2 Å². The number of thiol groups is 1. The van der Waals surface area contributed by atoms with Gasteiger partial charge in [-0.2, -0.15) is 0 Å². The summed E-state index contributed by atoms with van der Waals surface area (Å²) in [5.74, 6) is 0.895. The summed E-state index contributed by atoms with van der Waals surface area (Å²) in [6, 6.07) is 5.44. The van der Waals surface area contributed by atoms with Crippen LogP contribution in [0.2, 0.25) is 0 Å². The van der Waals surface area contributed by atoms with E-state index in [0.717, 1.165) is 38.2 Å². The zero-order valence-corrected chi connectivity index (χ0v) is 17.9. The van der Waals surface area contributed by atoms with Crippen LogP contribution in [0.3, 0.4) is 0 Å². The zero-order valence-electron chi connectivity index (χ0n) is 16.2. The van der Waals surface area contributed by atoms with Crippen LogP contribution in [0.1, 0.15) is 38.2 Å². The summed E-state index contributed by atoms with van der Waals surface area (Å²) >= 11 is 9.72. The molecule has 3 rings (SSSR count). The van der Waals surface area contributed by atoms with Crippen molar-refractivity contribution in [2.75, 3.05) is 25.0 Å². The Labute approximate surface area is 177 Å². The molecule has 1 aliphatic carbocycles. The lowest BCUT2D eigenvalue weighted by Gasteiger charge is -2.40. The monoisotopic (exact) mass is 419 g/mol. The van der Waals surface area contributed by atoms with Gasteiger partial charge < -0.3 is 21.3 Å². The van der Waals surface area contributed by atoms with Crippen molar-refractivity contribution in [2.24, 2.45) is 11.8 Å². The molecule has 0 aromatic heterocycles. The molecule has 5 N–H and O–H groups in total. The number of carbonyl (C=O) groups excluding carboxylic acids is 1. The minimum absolute atomic E-state index is 0.0524. The Balaban J connectivity index is 1.61. The van der Waals surface area contributed by atoms with Gasteiger partial charge in [-0.05, 0) is 74.5 Å². The first-order valence-electron chi connectivity index (χ1n) is 9.98. The maximum Gasteiger partial charge on any atom is 0.270 e. The van der Waals surface area contributed by atoms with Gasteiger partial charge in [0.05, 0.1) is 0 Å². The van der Waals surface area contributed by atoms with E-state index in [1.807, 2.05) is 6.07 Å². The van der Waals surface area contributed by atoms with Gasteiger partial charge in [-0.15, -0.1) is 12.6 Å². The predicted octanol–water partition coefficient (Wildman–Crippen LogP) is 2.54. The summed E-state index contributed by atoms with van der Waals surface area (Å²) in [6.45, 7) is 4.66. The highest BCUT2D eigenvalue weighted by Crippen LogP contribution is 2.39. The lowest BCUT2D eigenvalue weighted by molar-refractivity contribution is -0.116. The Bertz CT molecular complexity index is 754. The number of benzene rings is 1. The van der Waals surface area contributed by atoms with E-state index in [4.69, 9.17) is 17.6 Å². The Morgan fingerprint density at radius 2 is 2.18 bits per heavy atom. The standard InChI is InChI=1S/C20H29N5OS2/c1-2-8-23-20(28)24-13-4-6-15(17(27)10-13)18(21)19(26)25-16-11-22-9-7-12-3-5-14(12)16/h4,6,10,12,14,16,21-22,27H,2-3,5,7-9,11H2,1H3,(H,25,26)(H2,23,24,28)/t12?,14-,16+/m0/s1. The fraction of sp³-hybridized carbons (Fsp3) is 0.550. The number of fused-ring (bicyclic) bond motifs is 1. The van der Waals surface area contributed by atoms with Crippen molar-refractivity contribution in [3.05, 3.63) is 23.8 Å². The fourth-order valence-corrected chi connectivity index (χ4v) is 4.48. The second kappa shape index (κ2) is 9.71. The Morgan fingerprint density at radius 3 is 2.86 bits per heavy atom. The first-order valence-corrected chi connectivity index (χ1v) is 10.8. The Hall–Kier alpha value is -1.64. The molecule has 0 radical (unpaired) electrons. The minimum Gasteiger partial charge on any atom is -0.362 e. The summed E-state index contributed by atoms with van der Waals surface area (Å²) in [5.41, 5.74) is 1.25. The summed E-state index contributed by atoms with van der Waals surface area (Å²) in [6.07, 6.45) is 4.58. The quantitative estimate of drug-likeness (QED) is 0.242. The number of hydrogen-bond acceptors (Lipinski definition) is 5. The van der Waals surface area contributed by atoms with Crippen LogP contribution in [-0.4, -0.2) is 42.4 Å². The molecular weight excluding hydrogens is 390 g/mol. The van der Waals surface area contributed by atoms with E-state index in [1.165, 1.54) is 12.8 Å². The van der Waals surface area contributed by atoms with Gasteiger partial charge in [0, 0.05) is 35.3 Å². The van der Waals surface area contributed by atoms with E-state index in [-0.39, 0.29) is 17.7 Å². The normalized spacial score (nSPS) is 23.6. The number of anilines is 1. The molecular formula is C20H29N5OS2. The van der Waals surface area contributed by atoms with E-state index >= 15 is 0 Å². The molecule has 1 amide bonds. The van der Waals surface area contributed by atoms with Crippen molar-refractivity contribution in [3.63, 3.8) is 0 Å². The van der Waals surface area contributed by atoms with Crippen molar-refractivity contribution >= 4 is 47.3 Å². The number of nitrogens with one attached hydrogen (secondary N) is 5. The highest BCUT2D eigenvalue weighted by atomic mass is 32.1. The highest BCUT2D eigenvalue weighted by Gasteiger charge is 2.39. The second-order valence-electron chi connectivity index (χ2n) is 7.56. The van der Waals surface area contributed by atoms with Gasteiger partial charge >= 0.3 is 0 Å². The van der Waals surface area contributed by atoms with Crippen molar-refractivity contribution < 1.29 is 4.79 Å². The number of amides is 1. The van der Waals surface area contributed by atoms with Crippen molar-refractivity contribution in [1.29, 1.82) is 5.41 Å². The molecule has 3 atom stereocenters. The molecule has 8 heteroatoms. The molecule has 1 saturated carbocycles. The van der Waals surface area contributed by atoms with Crippen LogP contribution in [0.5, 0.6) is 0 Å². The summed E-state index contributed by atoms with van der Waals surface area (Å²) < 4.78 is 0. The molecule has 6 nitrogen and oxygen atoms in total. The van der Waals surface area contributed by atoms with Crippen LogP contribution < -0.4 is 21.3 Å². The highest BCUT2D eigenvalue weighted by molar-refractivity contribution is 7.80. The number of carbonyl (C=O) groups is 1. The summed E-state index contributed by atoms with van der Waals surface area (Å²) in [5, 5.41) is 21.6. The summed E-state index contributed by atoms with van der Waals surface area (Å²) in [7, 11) is 0. The van der Waals surface area contributed by atoms with Gasteiger partial charge in [-0.1, -0.05) is 6.92 Å². The van der Waals surface area contributed by atoms with Crippen LogP contribution in [-0.2, 0) is 4.79 Å². The third kappa shape index (κ3) is 5.04. The van der Waals surface area contributed by atoms with Crippen molar-refractivity contribution in [3.8, 4) is 0 Å².